The summed E-state index contributed by atoms with van der Waals surface area (Å²) >= 11 is 0. The molecule has 0 spiro atoms. The molecule has 210 valence electrons. The number of hydrogen-bond donors (Lipinski definition) is 0. The van der Waals surface area contributed by atoms with Crippen molar-refractivity contribution in [2.24, 2.45) is 0 Å². The topological polar surface area (TPSA) is 16.4 Å². The Morgan fingerprint density at radius 3 is 2.07 bits per heavy atom. The Morgan fingerprint density at radius 2 is 1.25 bits per heavy atom. The Kier molecular flexibility index (Phi) is 5.20. The van der Waals surface area contributed by atoms with E-state index < -0.39 is 0 Å². The maximum atomic E-state index is 6.64. The van der Waals surface area contributed by atoms with Crippen LogP contribution in [0.2, 0.25) is 0 Å². The molecule has 0 saturated carbocycles. The number of furan rings is 1. The van der Waals surface area contributed by atoms with Gasteiger partial charge >= 0.3 is 0 Å². The van der Waals surface area contributed by atoms with Crippen molar-refractivity contribution in [2.45, 2.75) is 26.2 Å². The van der Waals surface area contributed by atoms with Gasteiger partial charge in [-0.15, -0.1) is 0 Å². The zero-order chi connectivity index (χ0) is 29.6. The molecule has 0 radical (unpaired) electrons. The molecule has 0 atom stereocenters. The first-order valence-corrected chi connectivity index (χ1v) is 15.4. The molecule has 0 amide bonds. The third kappa shape index (κ3) is 3.48. The van der Waals surface area contributed by atoms with Crippen molar-refractivity contribution in [1.82, 2.24) is 0 Å². The average Bonchev–Trinajstić information content (AvgIpc) is 3.54. The van der Waals surface area contributed by atoms with Crippen molar-refractivity contribution < 1.29 is 4.42 Å². The van der Waals surface area contributed by atoms with Crippen molar-refractivity contribution in [3.05, 3.63) is 150 Å². The largest absolute Gasteiger partial charge is 0.454 e. The van der Waals surface area contributed by atoms with Crippen molar-refractivity contribution >= 4 is 60.5 Å². The number of fused-ring (bicyclic) bond motifs is 9. The Morgan fingerprint density at radius 1 is 0.523 bits per heavy atom. The summed E-state index contributed by atoms with van der Waals surface area (Å²) in [5, 5.41) is 7.42. The van der Waals surface area contributed by atoms with Gasteiger partial charge in [-0.2, -0.15) is 0 Å². The summed E-state index contributed by atoms with van der Waals surface area (Å²) < 4.78 is 6.64. The molecule has 2 heteroatoms. The first-order valence-electron chi connectivity index (χ1n) is 15.4. The van der Waals surface area contributed by atoms with Crippen molar-refractivity contribution in [2.75, 3.05) is 4.90 Å². The molecule has 2 nitrogen and oxygen atoms in total. The number of nitrogens with zero attached hydrogens (tertiary/aromatic N) is 1. The van der Waals surface area contributed by atoms with E-state index in [0.717, 1.165) is 44.6 Å². The molecule has 0 bridgehead atoms. The number of anilines is 3. The van der Waals surface area contributed by atoms with E-state index in [1.807, 2.05) is 0 Å². The highest BCUT2D eigenvalue weighted by Gasteiger charge is 2.37. The van der Waals surface area contributed by atoms with Gasteiger partial charge in [0.2, 0.25) is 0 Å². The highest BCUT2D eigenvalue weighted by Crippen LogP contribution is 2.53. The minimum absolute atomic E-state index is 0.105. The van der Waals surface area contributed by atoms with Gasteiger partial charge in [0, 0.05) is 27.6 Å². The van der Waals surface area contributed by atoms with Crippen molar-refractivity contribution in [3.63, 3.8) is 0 Å². The molecule has 1 heterocycles. The highest BCUT2D eigenvalue weighted by atomic mass is 16.3. The second kappa shape index (κ2) is 9.08. The fourth-order valence-electron chi connectivity index (χ4n) is 7.60. The van der Waals surface area contributed by atoms with Crippen LogP contribution in [-0.4, -0.2) is 0 Å². The van der Waals surface area contributed by atoms with Crippen LogP contribution in [0.15, 0.2) is 138 Å². The summed E-state index contributed by atoms with van der Waals surface area (Å²) in [6, 6.07) is 48.5. The number of para-hydroxylation sites is 3. The first kappa shape index (κ1) is 25.2. The van der Waals surface area contributed by atoms with Crippen LogP contribution in [-0.2, 0) is 5.41 Å². The number of aryl methyl sites for hydroxylation is 1. The normalized spacial score (nSPS) is 13.5. The molecular weight excluding hydrogens is 534 g/mol. The van der Waals surface area contributed by atoms with Crippen LogP contribution in [0.5, 0.6) is 0 Å². The van der Waals surface area contributed by atoms with E-state index in [-0.39, 0.29) is 5.41 Å². The average molecular weight is 566 g/mol. The number of hydrogen-bond acceptors (Lipinski definition) is 2. The molecule has 0 unspecified atom stereocenters. The lowest BCUT2D eigenvalue weighted by molar-refractivity contribution is 0.666. The molecule has 0 aliphatic heterocycles. The van der Waals surface area contributed by atoms with Crippen LogP contribution in [0.25, 0.3) is 54.6 Å². The summed E-state index contributed by atoms with van der Waals surface area (Å²) in [6.07, 6.45) is 0. The van der Waals surface area contributed by atoms with Gasteiger partial charge in [0.05, 0.1) is 5.69 Å². The molecule has 0 fully saturated rings. The lowest BCUT2D eigenvalue weighted by Gasteiger charge is -2.27. The first-order chi connectivity index (χ1) is 21.5. The molecule has 8 aromatic rings. The molecule has 0 N–H and O–H groups in total. The second-order valence-corrected chi connectivity index (χ2v) is 12.6. The molecule has 1 aromatic heterocycles. The standard InChI is InChI=1S/C42H31NO/c1-26-11-9-16-34-35-17-10-18-38(41(35)44-40(26)34)43(30-14-5-4-6-15-30)31-20-22-32-29(23-31)19-21-33-36-24-27-12-7-8-13-28(27)25-37(36)42(2,3)39(32)33/h4-25H,1-3H3. The minimum atomic E-state index is -0.105. The molecule has 1 aliphatic carbocycles. The van der Waals surface area contributed by atoms with Gasteiger partial charge in [0.25, 0.3) is 0 Å². The summed E-state index contributed by atoms with van der Waals surface area (Å²) in [7, 11) is 0. The molecule has 0 saturated heterocycles. The van der Waals surface area contributed by atoms with E-state index >= 15 is 0 Å². The lowest BCUT2D eigenvalue weighted by Crippen LogP contribution is -2.15. The van der Waals surface area contributed by atoms with E-state index in [9.17, 15) is 0 Å². The Bertz CT molecular complexity index is 2430. The van der Waals surface area contributed by atoms with Crippen LogP contribution in [0, 0.1) is 6.92 Å². The predicted molar refractivity (Wildman–Crippen MR) is 186 cm³/mol. The third-order valence-corrected chi connectivity index (χ3v) is 9.69. The van der Waals surface area contributed by atoms with Crippen LogP contribution in [0.3, 0.4) is 0 Å². The monoisotopic (exact) mass is 565 g/mol. The summed E-state index contributed by atoms with van der Waals surface area (Å²) in [5.41, 5.74) is 11.6. The predicted octanol–water partition coefficient (Wildman–Crippen LogP) is 12.0. The minimum Gasteiger partial charge on any atom is -0.454 e. The maximum absolute atomic E-state index is 6.64. The van der Waals surface area contributed by atoms with Crippen molar-refractivity contribution in [1.29, 1.82) is 0 Å². The molecule has 1 aliphatic rings. The van der Waals surface area contributed by atoms with E-state index in [1.165, 1.54) is 43.8 Å². The Balaban J connectivity index is 1.26. The Hall–Kier alpha value is -5.34. The number of benzene rings is 7. The van der Waals surface area contributed by atoms with Gasteiger partial charge in [0.1, 0.15) is 5.58 Å². The summed E-state index contributed by atoms with van der Waals surface area (Å²) in [5.74, 6) is 0. The van der Waals surface area contributed by atoms with E-state index in [2.05, 4.69) is 159 Å². The lowest BCUT2D eigenvalue weighted by atomic mass is 9.80. The highest BCUT2D eigenvalue weighted by molar-refractivity contribution is 6.11. The number of rotatable bonds is 3. The van der Waals surface area contributed by atoms with E-state index in [1.54, 1.807) is 0 Å². The van der Waals surface area contributed by atoms with E-state index in [0.29, 0.717) is 0 Å². The van der Waals surface area contributed by atoms with Gasteiger partial charge < -0.3 is 9.32 Å². The van der Waals surface area contributed by atoms with Crippen LogP contribution in [0.1, 0.15) is 30.5 Å². The Labute approximate surface area is 256 Å². The zero-order valence-electron chi connectivity index (χ0n) is 25.1. The fourth-order valence-corrected chi connectivity index (χ4v) is 7.60. The van der Waals surface area contributed by atoms with Gasteiger partial charge in [-0.05, 0) is 98.8 Å². The van der Waals surface area contributed by atoms with Gasteiger partial charge in [-0.25, -0.2) is 0 Å². The SMILES string of the molecule is Cc1cccc2c1oc1c(N(c3ccccc3)c3ccc4c5c(ccc4c3)-c3cc4ccccc4cc3C5(C)C)cccc12. The third-order valence-electron chi connectivity index (χ3n) is 9.69. The zero-order valence-corrected chi connectivity index (χ0v) is 25.1. The van der Waals surface area contributed by atoms with Crippen LogP contribution < -0.4 is 4.90 Å². The summed E-state index contributed by atoms with van der Waals surface area (Å²) in [6.45, 7) is 6.87. The van der Waals surface area contributed by atoms with Crippen LogP contribution >= 0.6 is 0 Å². The quantitative estimate of drug-likeness (QED) is 0.212. The van der Waals surface area contributed by atoms with Gasteiger partial charge in [0.15, 0.2) is 5.58 Å². The van der Waals surface area contributed by atoms with Gasteiger partial charge in [-0.3, -0.25) is 0 Å². The van der Waals surface area contributed by atoms with Crippen LogP contribution in [0.4, 0.5) is 17.1 Å². The maximum Gasteiger partial charge on any atom is 0.159 e. The molecular formula is C42H31NO. The summed E-state index contributed by atoms with van der Waals surface area (Å²) in [4.78, 5) is 2.33. The van der Waals surface area contributed by atoms with E-state index in [4.69, 9.17) is 4.42 Å². The molecule has 9 rings (SSSR count). The van der Waals surface area contributed by atoms with Crippen molar-refractivity contribution in [3.8, 4) is 11.1 Å². The fraction of sp³-hybridized carbons (Fsp3) is 0.0952. The molecule has 7 aromatic carbocycles. The smallest absolute Gasteiger partial charge is 0.159 e. The van der Waals surface area contributed by atoms with Gasteiger partial charge in [-0.1, -0.05) is 105 Å². The molecule has 44 heavy (non-hydrogen) atoms. The second-order valence-electron chi connectivity index (χ2n) is 12.6.